The highest BCUT2D eigenvalue weighted by molar-refractivity contribution is 5.66. The number of rotatable bonds is 3. The normalized spacial score (nSPS) is 17.2. The predicted molar refractivity (Wildman–Crippen MR) is 44.9 cm³/mol. The molecule has 1 aliphatic rings. The third-order valence-electron chi connectivity index (χ3n) is 1.92. The molecule has 1 fully saturated rings. The van der Waals surface area contributed by atoms with Gasteiger partial charge in [0, 0.05) is 13.1 Å². The molecule has 1 amide bonds. The minimum Gasteiger partial charge on any atom is -0.394 e. The first kappa shape index (κ1) is 10.3. The summed E-state index contributed by atoms with van der Waals surface area (Å²) in [7, 11) is 0. The van der Waals surface area contributed by atoms with Gasteiger partial charge in [0.2, 0.25) is 0 Å². The first-order chi connectivity index (χ1) is 6.34. The van der Waals surface area contributed by atoms with E-state index in [2.05, 4.69) is 9.78 Å². The molecule has 1 saturated heterocycles. The van der Waals surface area contributed by atoms with E-state index in [0.717, 1.165) is 25.9 Å². The quantitative estimate of drug-likeness (QED) is 0.400. The van der Waals surface area contributed by atoms with Gasteiger partial charge in [0.05, 0.1) is 6.61 Å². The molecule has 1 N–H and O–H groups in total. The molecule has 0 radical (unpaired) electrons. The van der Waals surface area contributed by atoms with Crippen molar-refractivity contribution in [2.75, 3.05) is 26.3 Å². The number of hydrogen-bond donors (Lipinski definition) is 1. The van der Waals surface area contributed by atoms with E-state index in [0.29, 0.717) is 0 Å². The maximum absolute atomic E-state index is 11.2. The molecule has 0 unspecified atom stereocenters. The van der Waals surface area contributed by atoms with Crippen LogP contribution in [0.4, 0.5) is 4.79 Å². The van der Waals surface area contributed by atoms with Crippen molar-refractivity contribution in [1.29, 1.82) is 0 Å². The first-order valence-electron chi connectivity index (χ1n) is 4.54. The van der Waals surface area contributed by atoms with Gasteiger partial charge in [-0.2, -0.15) is 4.89 Å². The van der Waals surface area contributed by atoms with Crippen LogP contribution in [0, 0.1) is 0 Å². The van der Waals surface area contributed by atoms with E-state index in [-0.39, 0.29) is 13.2 Å². The summed E-state index contributed by atoms with van der Waals surface area (Å²) in [6.45, 7) is 1.36. The molecule has 0 aromatic rings. The standard InChI is InChI=1S/C8H15NO4/c10-6-7-12-13-8(11)9-4-2-1-3-5-9/h10H,1-7H2. The van der Waals surface area contributed by atoms with Crippen molar-refractivity contribution in [2.24, 2.45) is 0 Å². The zero-order chi connectivity index (χ0) is 9.52. The fourth-order valence-corrected chi connectivity index (χ4v) is 1.26. The van der Waals surface area contributed by atoms with Gasteiger partial charge in [-0.05, 0) is 19.3 Å². The zero-order valence-electron chi connectivity index (χ0n) is 7.57. The van der Waals surface area contributed by atoms with E-state index in [1.165, 1.54) is 6.42 Å². The summed E-state index contributed by atoms with van der Waals surface area (Å²) < 4.78 is 0. The number of hydrogen-bond acceptors (Lipinski definition) is 4. The maximum atomic E-state index is 11.2. The molecule has 0 bridgehead atoms. The zero-order valence-corrected chi connectivity index (χ0v) is 7.57. The van der Waals surface area contributed by atoms with Crippen molar-refractivity contribution < 1.29 is 19.7 Å². The van der Waals surface area contributed by atoms with Crippen LogP contribution < -0.4 is 0 Å². The van der Waals surface area contributed by atoms with Crippen LogP contribution in [0.1, 0.15) is 19.3 Å². The van der Waals surface area contributed by atoms with Gasteiger partial charge in [-0.25, -0.2) is 4.79 Å². The summed E-state index contributed by atoms with van der Waals surface area (Å²) in [4.78, 5) is 21.7. The van der Waals surface area contributed by atoms with E-state index in [9.17, 15) is 4.79 Å². The van der Waals surface area contributed by atoms with Gasteiger partial charge in [0.1, 0.15) is 6.61 Å². The molecule has 1 aliphatic heterocycles. The number of nitrogens with zero attached hydrogens (tertiary/aromatic N) is 1. The molecule has 0 aromatic heterocycles. The molecule has 0 aromatic carbocycles. The molecular formula is C8H15NO4. The Kier molecular flexibility index (Phi) is 4.56. The summed E-state index contributed by atoms with van der Waals surface area (Å²) in [5.74, 6) is 0. The molecule has 1 rings (SSSR count). The molecule has 0 spiro atoms. The number of amides is 1. The van der Waals surface area contributed by atoms with Crippen LogP contribution in [0.15, 0.2) is 0 Å². The number of aliphatic hydroxyl groups excluding tert-OH is 1. The minimum absolute atomic E-state index is 0.0274. The summed E-state index contributed by atoms with van der Waals surface area (Å²) in [5, 5.41) is 8.36. The number of piperidine rings is 1. The van der Waals surface area contributed by atoms with Gasteiger partial charge in [-0.15, -0.1) is 0 Å². The Labute approximate surface area is 77.2 Å². The van der Waals surface area contributed by atoms with Crippen LogP contribution in [-0.2, 0) is 9.78 Å². The molecular weight excluding hydrogens is 174 g/mol. The number of carbonyl (C=O) groups excluding carboxylic acids is 1. The van der Waals surface area contributed by atoms with E-state index >= 15 is 0 Å². The van der Waals surface area contributed by atoms with Gasteiger partial charge >= 0.3 is 6.09 Å². The lowest BCUT2D eigenvalue weighted by molar-refractivity contribution is -0.250. The van der Waals surface area contributed by atoms with Crippen LogP contribution in [0.25, 0.3) is 0 Å². The molecule has 1 heterocycles. The minimum atomic E-state index is -0.451. The Morgan fingerprint density at radius 1 is 1.31 bits per heavy atom. The average molecular weight is 189 g/mol. The maximum Gasteiger partial charge on any atom is 0.441 e. The van der Waals surface area contributed by atoms with E-state index in [1.54, 1.807) is 4.90 Å². The van der Waals surface area contributed by atoms with Gasteiger partial charge in [0.15, 0.2) is 0 Å². The molecule has 5 heteroatoms. The van der Waals surface area contributed by atoms with Crippen LogP contribution in [0.5, 0.6) is 0 Å². The van der Waals surface area contributed by atoms with Crippen LogP contribution in [0.3, 0.4) is 0 Å². The second-order valence-electron chi connectivity index (χ2n) is 2.94. The van der Waals surface area contributed by atoms with Gasteiger partial charge in [0.25, 0.3) is 0 Å². The molecule has 0 aliphatic carbocycles. The van der Waals surface area contributed by atoms with E-state index in [4.69, 9.17) is 5.11 Å². The summed E-state index contributed by atoms with van der Waals surface area (Å²) in [6, 6.07) is 0. The number of likely N-dealkylation sites (tertiary alicyclic amines) is 1. The fraction of sp³-hybridized carbons (Fsp3) is 0.875. The van der Waals surface area contributed by atoms with E-state index in [1.807, 2.05) is 0 Å². The van der Waals surface area contributed by atoms with Gasteiger partial charge in [-0.1, -0.05) is 0 Å². The van der Waals surface area contributed by atoms with Crippen LogP contribution in [-0.4, -0.2) is 42.4 Å². The summed E-state index contributed by atoms with van der Waals surface area (Å²) >= 11 is 0. The smallest absolute Gasteiger partial charge is 0.394 e. The summed E-state index contributed by atoms with van der Waals surface area (Å²) in [6.07, 6.45) is 2.76. The number of aliphatic hydroxyl groups is 1. The lowest BCUT2D eigenvalue weighted by atomic mass is 10.1. The Hall–Kier alpha value is -0.810. The monoisotopic (exact) mass is 189 g/mol. The average Bonchev–Trinajstić information content (AvgIpc) is 2.19. The third kappa shape index (κ3) is 3.61. The lowest BCUT2D eigenvalue weighted by Gasteiger charge is -2.24. The highest BCUT2D eigenvalue weighted by atomic mass is 17.2. The van der Waals surface area contributed by atoms with Crippen LogP contribution in [0.2, 0.25) is 0 Å². The third-order valence-corrected chi connectivity index (χ3v) is 1.92. The highest BCUT2D eigenvalue weighted by Gasteiger charge is 2.18. The largest absolute Gasteiger partial charge is 0.441 e. The fourth-order valence-electron chi connectivity index (χ4n) is 1.26. The van der Waals surface area contributed by atoms with Crippen molar-refractivity contribution in [3.8, 4) is 0 Å². The lowest BCUT2D eigenvalue weighted by Crippen LogP contribution is -2.36. The topological polar surface area (TPSA) is 59.0 Å². The van der Waals surface area contributed by atoms with Crippen molar-refractivity contribution in [2.45, 2.75) is 19.3 Å². The molecule has 76 valence electrons. The van der Waals surface area contributed by atoms with Crippen molar-refractivity contribution in [1.82, 2.24) is 4.90 Å². The Bertz CT molecular complexity index is 156. The molecule has 0 saturated carbocycles. The highest BCUT2D eigenvalue weighted by Crippen LogP contribution is 2.09. The van der Waals surface area contributed by atoms with Gasteiger partial charge < -0.3 is 10.0 Å². The number of carbonyl (C=O) groups is 1. The second-order valence-corrected chi connectivity index (χ2v) is 2.94. The first-order valence-corrected chi connectivity index (χ1v) is 4.54. The SMILES string of the molecule is O=C(OOCCO)N1CCCCC1. The van der Waals surface area contributed by atoms with Crippen LogP contribution >= 0.6 is 0 Å². The Balaban J connectivity index is 2.13. The van der Waals surface area contributed by atoms with Crippen molar-refractivity contribution in [3.05, 3.63) is 0 Å². The molecule has 5 nitrogen and oxygen atoms in total. The Morgan fingerprint density at radius 3 is 2.62 bits per heavy atom. The van der Waals surface area contributed by atoms with Gasteiger partial charge in [-0.3, -0.25) is 4.89 Å². The van der Waals surface area contributed by atoms with E-state index < -0.39 is 6.09 Å². The van der Waals surface area contributed by atoms with Crippen molar-refractivity contribution >= 4 is 6.09 Å². The Morgan fingerprint density at radius 2 is 2.00 bits per heavy atom. The van der Waals surface area contributed by atoms with Crippen molar-refractivity contribution in [3.63, 3.8) is 0 Å². The molecule has 13 heavy (non-hydrogen) atoms. The summed E-state index contributed by atoms with van der Waals surface area (Å²) in [5.41, 5.74) is 0. The second kappa shape index (κ2) is 5.77. The molecule has 0 atom stereocenters. The predicted octanol–water partition coefficient (Wildman–Crippen LogP) is 0.533.